The number of carbonyl (C=O) groups is 1. The van der Waals surface area contributed by atoms with Gasteiger partial charge in [0.05, 0.1) is 0 Å². The molecule has 1 amide bonds. The topological polar surface area (TPSA) is 41.1 Å². The predicted octanol–water partition coefficient (Wildman–Crippen LogP) is 2.72. The van der Waals surface area contributed by atoms with Crippen LogP contribution in [0.25, 0.3) is 0 Å². The van der Waals surface area contributed by atoms with Crippen molar-refractivity contribution in [3.05, 3.63) is 34.9 Å². The van der Waals surface area contributed by atoms with Gasteiger partial charge in [0, 0.05) is 18.2 Å². The molecule has 1 aromatic carbocycles. The number of hydrogen-bond acceptors (Lipinski definition) is 2. The zero-order valence-electron chi connectivity index (χ0n) is 12.1. The van der Waals surface area contributed by atoms with Crippen molar-refractivity contribution in [2.24, 2.45) is 0 Å². The van der Waals surface area contributed by atoms with Crippen molar-refractivity contribution in [2.45, 2.75) is 44.9 Å². The van der Waals surface area contributed by atoms with E-state index < -0.39 is 12.2 Å². The number of benzene rings is 1. The van der Waals surface area contributed by atoms with E-state index in [-0.39, 0.29) is 24.9 Å². The van der Waals surface area contributed by atoms with E-state index in [4.69, 9.17) is 0 Å². The lowest BCUT2D eigenvalue weighted by atomic mass is 9.98. The highest BCUT2D eigenvalue weighted by molar-refractivity contribution is 5.97. The highest BCUT2D eigenvalue weighted by atomic mass is 19.4. The van der Waals surface area contributed by atoms with Gasteiger partial charge in [-0.15, -0.1) is 0 Å². The quantitative estimate of drug-likeness (QED) is 0.882. The van der Waals surface area contributed by atoms with Gasteiger partial charge in [0.2, 0.25) is 0 Å². The molecule has 1 heterocycles. The molecule has 0 radical (unpaired) electrons. The van der Waals surface area contributed by atoms with Crippen LogP contribution in [0.5, 0.6) is 0 Å². The molecule has 0 aromatic heterocycles. The van der Waals surface area contributed by atoms with Gasteiger partial charge in [-0.05, 0) is 37.8 Å². The molecule has 0 saturated carbocycles. The Morgan fingerprint density at radius 3 is 2.33 bits per heavy atom. The van der Waals surface area contributed by atoms with Gasteiger partial charge < -0.3 is 10.6 Å². The molecule has 6 heteroatoms. The summed E-state index contributed by atoms with van der Waals surface area (Å²) in [5.41, 5.74) is 2.34. The van der Waals surface area contributed by atoms with Crippen LogP contribution in [-0.2, 0) is 0 Å². The van der Waals surface area contributed by atoms with Crippen LogP contribution >= 0.6 is 0 Å². The van der Waals surface area contributed by atoms with Crippen LogP contribution in [0.4, 0.5) is 13.2 Å². The second-order valence-corrected chi connectivity index (χ2v) is 5.52. The van der Waals surface area contributed by atoms with E-state index in [1.165, 1.54) is 0 Å². The van der Waals surface area contributed by atoms with Crippen LogP contribution < -0.4 is 10.6 Å². The van der Waals surface area contributed by atoms with E-state index in [0.717, 1.165) is 11.1 Å². The summed E-state index contributed by atoms with van der Waals surface area (Å²) in [5, 5.41) is 5.28. The van der Waals surface area contributed by atoms with Crippen LogP contribution in [-0.4, -0.2) is 30.7 Å². The Morgan fingerprint density at radius 2 is 1.86 bits per heavy atom. The first-order valence-corrected chi connectivity index (χ1v) is 6.96. The predicted molar refractivity (Wildman–Crippen MR) is 74.2 cm³/mol. The number of amides is 1. The van der Waals surface area contributed by atoms with Gasteiger partial charge in [0.25, 0.3) is 5.91 Å². The van der Waals surface area contributed by atoms with Crippen molar-refractivity contribution in [2.75, 3.05) is 6.54 Å². The minimum atomic E-state index is -4.22. The molecule has 1 aliphatic heterocycles. The Balaban J connectivity index is 1.96. The van der Waals surface area contributed by atoms with Crippen molar-refractivity contribution < 1.29 is 18.0 Å². The molecule has 1 saturated heterocycles. The minimum absolute atomic E-state index is 0.0127. The highest BCUT2D eigenvalue weighted by Crippen LogP contribution is 2.26. The molecule has 116 valence electrons. The SMILES string of the molecule is Cc1cccc(C)c1C(=O)NC1CCC(C(F)(F)F)NC1. The molecule has 2 N–H and O–H groups in total. The Hall–Kier alpha value is -1.56. The first kappa shape index (κ1) is 15.8. The zero-order valence-corrected chi connectivity index (χ0v) is 12.1. The Labute approximate surface area is 121 Å². The van der Waals surface area contributed by atoms with Gasteiger partial charge in [-0.3, -0.25) is 4.79 Å². The smallest absolute Gasteiger partial charge is 0.348 e. The average molecular weight is 300 g/mol. The van der Waals surface area contributed by atoms with E-state index in [9.17, 15) is 18.0 Å². The minimum Gasteiger partial charge on any atom is -0.348 e. The number of carbonyl (C=O) groups excluding carboxylic acids is 1. The van der Waals surface area contributed by atoms with E-state index in [0.29, 0.717) is 12.0 Å². The number of halogens is 3. The van der Waals surface area contributed by atoms with Crippen molar-refractivity contribution in [3.8, 4) is 0 Å². The zero-order chi connectivity index (χ0) is 15.6. The van der Waals surface area contributed by atoms with E-state index in [2.05, 4.69) is 10.6 Å². The maximum Gasteiger partial charge on any atom is 0.403 e. The van der Waals surface area contributed by atoms with Crippen LogP contribution in [0.1, 0.15) is 34.3 Å². The van der Waals surface area contributed by atoms with Gasteiger partial charge in [0.1, 0.15) is 6.04 Å². The molecule has 2 rings (SSSR count). The van der Waals surface area contributed by atoms with Gasteiger partial charge in [-0.25, -0.2) is 0 Å². The largest absolute Gasteiger partial charge is 0.403 e. The number of alkyl halides is 3. The maximum absolute atomic E-state index is 12.6. The van der Waals surface area contributed by atoms with Crippen LogP contribution in [0.15, 0.2) is 18.2 Å². The van der Waals surface area contributed by atoms with Crippen molar-refractivity contribution in [3.63, 3.8) is 0 Å². The summed E-state index contributed by atoms with van der Waals surface area (Å²) < 4.78 is 37.7. The third kappa shape index (κ3) is 3.75. The number of nitrogens with one attached hydrogen (secondary N) is 2. The summed E-state index contributed by atoms with van der Waals surface area (Å²) in [6.45, 7) is 3.84. The van der Waals surface area contributed by atoms with Crippen LogP contribution in [0, 0.1) is 13.8 Å². The van der Waals surface area contributed by atoms with Crippen molar-refractivity contribution in [1.29, 1.82) is 0 Å². The molecule has 3 nitrogen and oxygen atoms in total. The number of piperidine rings is 1. The van der Waals surface area contributed by atoms with E-state index >= 15 is 0 Å². The van der Waals surface area contributed by atoms with Crippen LogP contribution in [0.2, 0.25) is 0 Å². The Kier molecular flexibility index (Phi) is 4.56. The summed E-state index contributed by atoms with van der Waals surface area (Å²) in [5.74, 6) is -0.220. The standard InChI is InChI=1S/C15H19F3N2O/c1-9-4-3-5-10(2)13(9)14(21)20-11-6-7-12(19-8-11)15(16,17)18/h3-5,11-12,19H,6-8H2,1-2H3,(H,20,21). The van der Waals surface area contributed by atoms with E-state index in [1.807, 2.05) is 32.0 Å². The lowest BCUT2D eigenvalue weighted by Crippen LogP contribution is -2.54. The lowest BCUT2D eigenvalue weighted by Gasteiger charge is -2.31. The summed E-state index contributed by atoms with van der Waals surface area (Å²) in [4.78, 5) is 12.3. The van der Waals surface area contributed by atoms with Gasteiger partial charge in [-0.2, -0.15) is 13.2 Å². The third-order valence-electron chi connectivity index (χ3n) is 3.85. The fraction of sp³-hybridized carbons (Fsp3) is 0.533. The molecule has 1 fully saturated rings. The monoisotopic (exact) mass is 300 g/mol. The van der Waals surface area contributed by atoms with Crippen LogP contribution in [0.3, 0.4) is 0 Å². The second kappa shape index (κ2) is 6.05. The van der Waals surface area contributed by atoms with Gasteiger partial charge >= 0.3 is 6.18 Å². The molecular weight excluding hydrogens is 281 g/mol. The maximum atomic E-state index is 12.6. The first-order chi connectivity index (χ1) is 9.79. The molecule has 21 heavy (non-hydrogen) atoms. The summed E-state index contributed by atoms with van der Waals surface area (Å²) in [7, 11) is 0. The fourth-order valence-corrected chi connectivity index (χ4v) is 2.69. The summed E-state index contributed by atoms with van der Waals surface area (Å²) in [6.07, 6.45) is -3.91. The molecule has 1 aliphatic rings. The number of rotatable bonds is 2. The molecular formula is C15H19F3N2O. The molecule has 2 atom stereocenters. The summed E-state index contributed by atoms with van der Waals surface area (Å²) >= 11 is 0. The number of aryl methyl sites for hydroxylation is 2. The Bertz CT molecular complexity index is 500. The van der Waals surface area contributed by atoms with Crippen molar-refractivity contribution in [1.82, 2.24) is 10.6 Å². The highest BCUT2D eigenvalue weighted by Gasteiger charge is 2.41. The molecule has 2 unspecified atom stereocenters. The molecule has 0 aliphatic carbocycles. The average Bonchev–Trinajstić information content (AvgIpc) is 2.38. The first-order valence-electron chi connectivity index (χ1n) is 6.96. The second-order valence-electron chi connectivity index (χ2n) is 5.52. The van der Waals surface area contributed by atoms with Gasteiger partial charge in [-0.1, -0.05) is 18.2 Å². The molecule has 0 spiro atoms. The molecule has 1 aromatic rings. The lowest BCUT2D eigenvalue weighted by molar-refractivity contribution is -0.160. The fourth-order valence-electron chi connectivity index (χ4n) is 2.69. The van der Waals surface area contributed by atoms with E-state index in [1.54, 1.807) is 0 Å². The Morgan fingerprint density at radius 1 is 1.24 bits per heavy atom. The third-order valence-corrected chi connectivity index (χ3v) is 3.85. The number of hydrogen-bond donors (Lipinski definition) is 2. The molecule has 0 bridgehead atoms. The van der Waals surface area contributed by atoms with Gasteiger partial charge in [0.15, 0.2) is 0 Å². The van der Waals surface area contributed by atoms with Crippen molar-refractivity contribution >= 4 is 5.91 Å². The normalized spacial score (nSPS) is 22.9. The summed E-state index contributed by atoms with van der Waals surface area (Å²) in [6, 6.07) is 3.83.